The van der Waals surface area contributed by atoms with Crippen LogP contribution in [0.5, 0.6) is 11.5 Å². The van der Waals surface area contributed by atoms with Crippen LogP contribution in [0, 0.1) is 0 Å². The van der Waals surface area contributed by atoms with Gasteiger partial charge in [0.25, 0.3) is 0 Å². The first kappa shape index (κ1) is 14.8. The largest absolute Gasteiger partial charge is 0.493 e. The molecule has 2 aromatic carbocycles. The quantitative estimate of drug-likeness (QED) is 0.931. The van der Waals surface area contributed by atoms with Crippen molar-refractivity contribution >= 4 is 11.6 Å². The fourth-order valence-electron chi connectivity index (χ4n) is 4.30. The summed E-state index contributed by atoms with van der Waals surface area (Å²) in [6.07, 6.45) is 1.42. The molecule has 128 valence electrons. The average molecular weight is 337 g/mol. The SMILES string of the molecule is O=C1N(CCCO)c2ccccc2C12COc1cc3c(cc12)CCO3. The fraction of sp³-hybridized carbons (Fsp3) is 0.350. The van der Waals surface area contributed by atoms with Crippen molar-refractivity contribution in [1.82, 2.24) is 0 Å². The van der Waals surface area contributed by atoms with E-state index in [9.17, 15) is 9.90 Å². The van der Waals surface area contributed by atoms with Gasteiger partial charge in [0.05, 0.1) is 6.61 Å². The van der Waals surface area contributed by atoms with Crippen LogP contribution in [0.15, 0.2) is 36.4 Å². The fourth-order valence-corrected chi connectivity index (χ4v) is 4.30. The van der Waals surface area contributed by atoms with E-state index in [1.165, 1.54) is 0 Å². The summed E-state index contributed by atoms with van der Waals surface area (Å²) in [6.45, 7) is 1.57. The number of benzene rings is 2. The zero-order valence-electron chi connectivity index (χ0n) is 13.8. The summed E-state index contributed by atoms with van der Waals surface area (Å²) in [6, 6.07) is 11.9. The van der Waals surface area contributed by atoms with Gasteiger partial charge in [-0.3, -0.25) is 4.79 Å². The third-order valence-electron chi connectivity index (χ3n) is 5.50. The van der Waals surface area contributed by atoms with Gasteiger partial charge in [-0.2, -0.15) is 0 Å². The van der Waals surface area contributed by atoms with Crippen molar-refractivity contribution in [3.8, 4) is 11.5 Å². The van der Waals surface area contributed by atoms with E-state index in [1.807, 2.05) is 30.3 Å². The Hall–Kier alpha value is -2.53. The molecule has 0 saturated carbocycles. The van der Waals surface area contributed by atoms with Crippen LogP contribution in [0.2, 0.25) is 0 Å². The smallest absolute Gasteiger partial charge is 0.245 e. The Kier molecular flexibility index (Phi) is 3.09. The van der Waals surface area contributed by atoms with Crippen molar-refractivity contribution in [3.05, 3.63) is 53.1 Å². The van der Waals surface area contributed by atoms with Crippen LogP contribution in [0.4, 0.5) is 5.69 Å². The first-order valence-corrected chi connectivity index (χ1v) is 8.71. The Balaban J connectivity index is 1.69. The molecule has 5 heteroatoms. The van der Waals surface area contributed by atoms with E-state index in [1.54, 1.807) is 4.90 Å². The lowest BCUT2D eigenvalue weighted by Gasteiger charge is -2.23. The molecule has 1 unspecified atom stereocenters. The number of hydrogen-bond acceptors (Lipinski definition) is 4. The molecule has 25 heavy (non-hydrogen) atoms. The topological polar surface area (TPSA) is 59.0 Å². The normalized spacial score (nSPS) is 22.6. The predicted octanol–water partition coefficient (Wildman–Crippen LogP) is 2.03. The number of carbonyl (C=O) groups is 1. The van der Waals surface area contributed by atoms with E-state index in [0.717, 1.165) is 40.3 Å². The predicted molar refractivity (Wildman–Crippen MR) is 92.4 cm³/mol. The minimum absolute atomic E-state index is 0.0414. The lowest BCUT2D eigenvalue weighted by molar-refractivity contribution is -0.122. The van der Waals surface area contributed by atoms with Crippen molar-refractivity contribution in [3.63, 3.8) is 0 Å². The van der Waals surface area contributed by atoms with Gasteiger partial charge in [0.1, 0.15) is 23.5 Å². The first-order valence-electron chi connectivity index (χ1n) is 8.71. The van der Waals surface area contributed by atoms with Gasteiger partial charge in [0, 0.05) is 36.9 Å². The number of rotatable bonds is 3. The van der Waals surface area contributed by atoms with Crippen LogP contribution >= 0.6 is 0 Å². The first-order chi connectivity index (χ1) is 12.3. The number of hydrogen-bond donors (Lipinski definition) is 1. The number of anilines is 1. The van der Waals surface area contributed by atoms with Crippen LogP contribution in [-0.4, -0.2) is 37.4 Å². The highest BCUT2D eigenvalue weighted by molar-refractivity contribution is 6.11. The molecule has 1 atom stereocenters. The molecular weight excluding hydrogens is 318 g/mol. The molecule has 5 nitrogen and oxygen atoms in total. The highest BCUT2D eigenvalue weighted by atomic mass is 16.5. The number of ether oxygens (including phenoxy) is 2. The lowest BCUT2D eigenvalue weighted by atomic mass is 9.76. The van der Waals surface area contributed by atoms with Crippen LogP contribution in [0.25, 0.3) is 0 Å². The van der Waals surface area contributed by atoms with E-state index >= 15 is 0 Å². The number of aliphatic hydroxyl groups excluding tert-OH is 1. The molecule has 0 bridgehead atoms. The Labute approximate surface area is 145 Å². The van der Waals surface area contributed by atoms with Gasteiger partial charge >= 0.3 is 0 Å². The highest BCUT2D eigenvalue weighted by Crippen LogP contribution is 2.53. The third kappa shape index (κ3) is 1.84. The van der Waals surface area contributed by atoms with Gasteiger partial charge < -0.3 is 19.5 Å². The monoisotopic (exact) mass is 337 g/mol. The van der Waals surface area contributed by atoms with Gasteiger partial charge in [0.15, 0.2) is 0 Å². The van der Waals surface area contributed by atoms with Gasteiger partial charge in [-0.25, -0.2) is 0 Å². The number of para-hydroxylation sites is 1. The van der Waals surface area contributed by atoms with E-state index < -0.39 is 5.41 Å². The number of nitrogens with zero attached hydrogens (tertiary/aromatic N) is 1. The van der Waals surface area contributed by atoms with Crippen LogP contribution in [-0.2, 0) is 16.6 Å². The molecule has 0 saturated heterocycles. The Morgan fingerprint density at radius 1 is 1.12 bits per heavy atom. The van der Waals surface area contributed by atoms with Crippen molar-refractivity contribution in [1.29, 1.82) is 0 Å². The number of fused-ring (bicyclic) bond motifs is 5. The molecule has 0 aromatic heterocycles. The molecule has 3 heterocycles. The molecule has 3 aliphatic heterocycles. The van der Waals surface area contributed by atoms with E-state index in [-0.39, 0.29) is 12.5 Å². The maximum absolute atomic E-state index is 13.5. The molecule has 1 spiro atoms. The average Bonchev–Trinajstić information content (AvgIpc) is 3.30. The Morgan fingerprint density at radius 3 is 2.88 bits per heavy atom. The highest BCUT2D eigenvalue weighted by Gasteiger charge is 2.56. The molecule has 1 amide bonds. The second-order valence-electron chi connectivity index (χ2n) is 6.80. The van der Waals surface area contributed by atoms with E-state index in [0.29, 0.717) is 26.2 Å². The molecule has 0 radical (unpaired) electrons. The summed E-state index contributed by atoms with van der Waals surface area (Å²) < 4.78 is 11.6. The van der Waals surface area contributed by atoms with Gasteiger partial charge in [-0.1, -0.05) is 18.2 Å². The van der Waals surface area contributed by atoms with Gasteiger partial charge in [-0.05, 0) is 29.7 Å². The van der Waals surface area contributed by atoms with Gasteiger partial charge in [0.2, 0.25) is 5.91 Å². The number of carbonyl (C=O) groups excluding carboxylic acids is 1. The molecular formula is C20H19NO4. The van der Waals surface area contributed by atoms with Crippen LogP contribution in [0.1, 0.15) is 23.1 Å². The van der Waals surface area contributed by atoms with Crippen LogP contribution < -0.4 is 14.4 Å². The summed E-state index contributed by atoms with van der Waals surface area (Å²) in [5.41, 5.74) is 3.23. The zero-order valence-corrected chi connectivity index (χ0v) is 13.8. The van der Waals surface area contributed by atoms with Crippen molar-refractivity contribution in [2.75, 3.05) is 31.3 Å². The van der Waals surface area contributed by atoms with Crippen molar-refractivity contribution in [2.24, 2.45) is 0 Å². The standard InChI is InChI=1S/C20H19NO4/c22-8-3-7-21-16-5-2-1-4-14(16)20(19(21)23)12-25-18-11-17-13(6-9-24-17)10-15(18)20/h1-2,4-5,10-11,22H,3,6-9,12H2. The number of aliphatic hydroxyl groups is 1. The Morgan fingerprint density at radius 2 is 2.00 bits per heavy atom. The third-order valence-corrected chi connectivity index (χ3v) is 5.50. The molecule has 0 aliphatic carbocycles. The van der Waals surface area contributed by atoms with E-state index in [4.69, 9.17) is 9.47 Å². The second-order valence-corrected chi connectivity index (χ2v) is 6.80. The molecule has 1 N–H and O–H groups in total. The minimum Gasteiger partial charge on any atom is -0.493 e. The number of amides is 1. The van der Waals surface area contributed by atoms with Crippen molar-refractivity contribution in [2.45, 2.75) is 18.3 Å². The molecule has 3 aliphatic rings. The molecule has 5 rings (SSSR count). The second kappa shape index (κ2) is 5.23. The van der Waals surface area contributed by atoms with Crippen LogP contribution in [0.3, 0.4) is 0 Å². The summed E-state index contributed by atoms with van der Waals surface area (Å²) in [5, 5.41) is 9.20. The minimum atomic E-state index is -0.779. The zero-order chi connectivity index (χ0) is 17.0. The molecule has 2 aromatic rings. The maximum Gasteiger partial charge on any atom is 0.245 e. The summed E-state index contributed by atoms with van der Waals surface area (Å²) in [4.78, 5) is 15.3. The van der Waals surface area contributed by atoms with Gasteiger partial charge in [-0.15, -0.1) is 0 Å². The molecule has 0 fully saturated rings. The van der Waals surface area contributed by atoms with E-state index in [2.05, 4.69) is 6.07 Å². The van der Waals surface area contributed by atoms with Crippen molar-refractivity contribution < 1.29 is 19.4 Å². The lowest BCUT2D eigenvalue weighted by Crippen LogP contribution is -2.43. The summed E-state index contributed by atoms with van der Waals surface area (Å²) >= 11 is 0. The summed E-state index contributed by atoms with van der Waals surface area (Å²) in [7, 11) is 0. The maximum atomic E-state index is 13.5. The summed E-state index contributed by atoms with van der Waals surface area (Å²) in [5.74, 6) is 1.65. The Bertz CT molecular complexity index is 878.